The molecule has 0 aromatic rings. The van der Waals surface area contributed by atoms with E-state index in [0.29, 0.717) is 6.61 Å². The Kier molecular flexibility index (Phi) is 20.5. The van der Waals surface area contributed by atoms with E-state index in [1.807, 2.05) is 6.92 Å². The average Bonchev–Trinajstić information content (AvgIpc) is 2.66. The van der Waals surface area contributed by atoms with Crippen LogP contribution in [-0.2, 0) is 4.74 Å². The van der Waals surface area contributed by atoms with Gasteiger partial charge in [-0.05, 0) is 58.3 Å². The van der Waals surface area contributed by atoms with Crippen molar-refractivity contribution in [3.05, 3.63) is 60.8 Å². The summed E-state index contributed by atoms with van der Waals surface area (Å²) in [6, 6.07) is 0. The van der Waals surface area contributed by atoms with Crippen LogP contribution in [0.4, 0.5) is 0 Å². The Morgan fingerprint density at radius 1 is 0.692 bits per heavy atom. The highest BCUT2D eigenvalue weighted by molar-refractivity contribution is 5.00. The molecule has 0 rings (SSSR count). The van der Waals surface area contributed by atoms with E-state index in [-0.39, 0.29) is 12.7 Å². The maximum Gasteiger partial charge on any atom is 0.0805 e. The van der Waals surface area contributed by atoms with Crippen molar-refractivity contribution in [2.75, 3.05) is 13.2 Å². The monoisotopic (exact) mass is 360 g/mol. The average molecular weight is 361 g/mol. The lowest BCUT2D eigenvalue weighted by atomic mass is 10.1. The largest absolute Gasteiger partial charge is 0.394 e. The normalized spacial score (nSPS) is 14.1. The van der Waals surface area contributed by atoms with Crippen molar-refractivity contribution in [3.8, 4) is 0 Å². The van der Waals surface area contributed by atoms with Crippen molar-refractivity contribution >= 4 is 0 Å². The zero-order valence-corrected chi connectivity index (χ0v) is 17.0. The first kappa shape index (κ1) is 24.6. The molecule has 0 heterocycles. The van der Waals surface area contributed by atoms with Crippen molar-refractivity contribution in [3.63, 3.8) is 0 Å². The smallest absolute Gasteiger partial charge is 0.0805 e. The third-order valence-electron chi connectivity index (χ3n) is 3.91. The van der Waals surface area contributed by atoms with Gasteiger partial charge < -0.3 is 9.84 Å². The first-order chi connectivity index (χ1) is 12.8. The van der Waals surface area contributed by atoms with Crippen LogP contribution in [0.3, 0.4) is 0 Å². The molecule has 0 fully saturated rings. The Labute approximate surface area is 162 Å². The zero-order chi connectivity index (χ0) is 19.1. The lowest BCUT2D eigenvalue weighted by molar-refractivity contribution is 0.0137. The highest BCUT2D eigenvalue weighted by atomic mass is 16.5. The molecule has 0 aliphatic carbocycles. The highest BCUT2D eigenvalue weighted by Crippen LogP contribution is 2.07. The molecule has 2 nitrogen and oxygen atoms in total. The topological polar surface area (TPSA) is 29.5 Å². The van der Waals surface area contributed by atoms with Crippen LogP contribution in [0.15, 0.2) is 60.8 Å². The number of rotatable bonds is 17. The van der Waals surface area contributed by atoms with Gasteiger partial charge in [0.25, 0.3) is 0 Å². The number of hydrogen-bond acceptors (Lipinski definition) is 2. The summed E-state index contributed by atoms with van der Waals surface area (Å²) in [5, 5.41) is 9.14. The van der Waals surface area contributed by atoms with Crippen LogP contribution >= 0.6 is 0 Å². The second-order valence-electron chi connectivity index (χ2n) is 6.25. The molecule has 0 aromatic carbocycles. The fourth-order valence-corrected chi connectivity index (χ4v) is 2.47. The van der Waals surface area contributed by atoms with Gasteiger partial charge in [0, 0.05) is 6.61 Å². The summed E-state index contributed by atoms with van der Waals surface area (Å²) in [5.74, 6) is 0. The Morgan fingerprint density at radius 2 is 1.19 bits per heavy atom. The Morgan fingerprint density at radius 3 is 1.65 bits per heavy atom. The molecule has 0 aliphatic heterocycles. The second kappa shape index (κ2) is 21.7. The number of aliphatic hydroxyl groups excluding tert-OH is 1. The van der Waals surface area contributed by atoms with Gasteiger partial charge in [-0.15, -0.1) is 0 Å². The van der Waals surface area contributed by atoms with E-state index in [1.54, 1.807) is 0 Å². The molecule has 1 N–H and O–H groups in total. The molecule has 0 spiro atoms. The van der Waals surface area contributed by atoms with Crippen LogP contribution in [0.1, 0.15) is 71.6 Å². The van der Waals surface area contributed by atoms with Crippen LogP contribution in [0.5, 0.6) is 0 Å². The zero-order valence-electron chi connectivity index (χ0n) is 17.0. The van der Waals surface area contributed by atoms with Crippen LogP contribution < -0.4 is 0 Å². The van der Waals surface area contributed by atoms with Gasteiger partial charge in [0.15, 0.2) is 0 Å². The molecule has 0 aromatic heterocycles. The molecule has 1 unspecified atom stereocenters. The molecule has 0 saturated heterocycles. The summed E-state index contributed by atoms with van der Waals surface area (Å²) in [6.07, 6.45) is 31.8. The molecule has 0 radical (unpaired) electrons. The van der Waals surface area contributed by atoms with E-state index in [1.165, 1.54) is 0 Å². The first-order valence-corrected chi connectivity index (χ1v) is 10.3. The van der Waals surface area contributed by atoms with Gasteiger partial charge in [-0.3, -0.25) is 0 Å². The molecule has 0 bridgehead atoms. The number of aliphatic hydroxyl groups is 1. The van der Waals surface area contributed by atoms with Gasteiger partial charge in [-0.2, -0.15) is 0 Å². The van der Waals surface area contributed by atoms with Gasteiger partial charge in [-0.1, -0.05) is 74.1 Å². The van der Waals surface area contributed by atoms with E-state index < -0.39 is 0 Å². The summed E-state index contributed by atoms with van der Waals surface area (Å²) in [6.45, 7) is 4.94. The number of hydrogen-bond donors (Lipinski definition) is 1. The Bertz CT molecular complexity index is 416. The number of allylic oxidation sites excluding steroid dienone is 10. The second-order valence-corrected chi connectivity index (χ2v) is 6.25. The third-order valence-corrected chi connectivity index (χ3v) is 3.91. The summed E-state index contributed by atoms with van der Waals surface area (Å²) >= 11 is 0. The standard InChI is InChI=1S/C24H40O2/c1-3-5-6-7-8-9-10-11-12-13-14-15-16-17-18-19-20-21-22-24(23-25)26-4-2/h5-6,8-9,11-12,14-15,17-18,24-25H,3-4,7,10,13,16,19-23H2,1-2H3/b6-5-,9-8-,12-11-,15-14-,18-17-. The fraction of sp³-hybridized carbons (Fsp3) is 0.583. The molecule has 0 saturated carbocycles. The SMILES string of the molecule is CC/C=C\C/C=C\C/C=C\C/C=C\C/C=C\CCCCC(CO)OCC. The number of ether oxygens (including phenoxy) is 1. The first-order valence-electron chi connectivity index (χ1n) is 10.3. The lowest BCUT2D eigenvalue weighted by Gasteiger charge is -2.13. The quantitative estimate of drug-likeness (QED) is 0.231. The van der Waals surface area contributed by atoms with E-state index in [0.717, 1.165) is 57.8 Å². The maximum absolute atomic E-state index is 9.14. The van der Waals surface area contributed by atoms with Crippen molar-refractivity contribution in [2.45, 2.75) is 77.7 Å². The minimum absolute atomic E-state index is 0.0216. The molecule has 0 amide bonds. The van der Waals surface area contributed by atoms with Crippen LogP contribution in [0.25, 0.3) is 0 Å². The minimum atomic E-state index is 0.0216. The van der Waals surface area contributed by atoms with Crippen LogP contribution in [-0.4, -0.2) is 24.4 Å². The van der Waals surface area contributed by atoms with Gasteiger partial charge in [0.2, 0.25) is 0 Å². The summed E-state index contributed by atoms with van der Waals surface area (Å²) in [4.78, 5) is 0. The van der Waals surface area contributed by atoms with Gasteiger partial charge in [0.1, 0.15) is 0 Å². The molecule has 26 heavy (non-hydrogen) atoms. The lowest BCUT2D eigenvalue weighted by Crippen LogP contribution is -2.17. The minimum Gasteiger partial charge on any atom is -0.394 e. The van der Waals surface area contributed by atoms with Crippen LogP contribution in [0.2, 0.25) is 0 Å². The van der Waals surface area contributed by atoms with E-state index >= 15 is 0 Å². The van der Waals surface area contributed by atoms with E-state index in [9.17, 15) is 0 Å². The molecular weight excluding hydrogens is 320 g/mol. The van der Waals surface area contributed by atoms with E-state index in [4.69, 9.17) is 9.84 Å². The predicted molar refractivity (Wildman–Crippen MR) is 115 cm³/mol. The van der Waals surface area contributed by atoms with E-state index in [2.05, 4.69) is 67.7 Å². The van der Waals surface area contributed by atoms with Crippen molar-refractivity contribution in [2.24, 2.45) is 0 Å². The number of unbranched alkanes of at least 4 members (excludes halogenated alkanes) is 2. The fourth-order valence-electron chi connectivity index (χ4n) is 2.47. The van der Waals surface area contributed by atoms with Crippen molar-refractivity contribution in [1.29, 1.82) is 0 Å². The molecule has 1 atom stereocenters. The van der Waals surface area contributed by atoms with Crippen molar-refractivity contribution < 1.29 is 9.84 Å². The summed E-state index contributed by atoms with van der Waals surface area (Å²) in [7, 11) is 0. The summed E-state index contributed by atoms with van der Waals surface area (Å²) in [5.41, 5.74) is 0. The molecular formula is C24H40O2. The third kappa shape index (κ3) is 19.0. The molecule has 148 valence electrons. The van der Waals surface area contributed by atoms with Gasteiger partial charge in [0.05, 0.1) is 12.7 Å². The van der Waals surface area contributed by atoms with Crippen molar-refractivity contribution in [1.82, 2.24) is 0 Å². The molecule has 0 aliphatic rings. The maximum atomic E-state index is 9.14. The van der Waals surface area contributed by atoms with Gasteiger partial charge >= 0.3 is 0 Å². The van der Waals surface area contributed by atoms with Gasteiger partial charge in [-0.25, -0.2) is 0 Å². The Balaban J connectivity index is 3.50. The summed E-state index contributed by atoms with van der Waals surface area (Å²) < 4.78 is 5.44. The predicted octanol–water partition coefficient (Wildman–Crippen LogP) is 6.70. The van der Waals surface area contributed by atoms with Crippen LogP contribution in [0, 0.1) is 0 Å². The molecule has 2 heteroatoms. The highest BCUT2D eigenvalue weighted by Gasteiger charge is 2.04. The Hall–Kier alpha value is -1.38.